The zero-order valence-electron chi connectivity index (χ0n) is 9.40. The van der Waals surface area contributed by atoms with Gasteiger partial charge >= 0.3 is 0 Å². The molecule has 0 aromatic heterocycles. The van der Waals surface area contributed by atoms with Gasteiger partial charge in [0.05, 0.1) is 12.1 Å². The van der Waals surface area contributed by atoms with Gasteiger partial charge in [-0.2, -0.15) is 0 Å². The fraction of sp³-hybridized carbons (Fsp3) is 0.462. The number of ether oxygens (including phenoxy) is 1. The topological polar surface area (TPSA) is 38.7 Å². The van der Waals surface area contributed by atoms with Crippen LogP contribution in [0.15, 0.2) is 29.3 Å². The molecule has 1 aliphatic carbocycles. The second-order valence-electron chi connectivity index (χ2n) is 4.29. The first-order valence-corrected chi connectivity index (χ1v) is 5.45. The molecule has 0 N–H and O–H groups in total. The molecule has 0 radical (unpaired) electrons. The van der Waals surface area contributed by atoms with Crippen LogP contribution >= 0.6 is 0 Å². The lowest BCUT2D eigenvalue weighted by atomic mass is 10.0. The Kier molecular flexibility index (Phi) is 3.18. The van der Waals surface area contributed by atoms with Gasteiger partial charge in [0.25, 0.3) is 0 Å². The van der Waals surface area contributed by atoms with Crippen molar-refractivity contribution in [2.75, 3.05) is 7.11 Å². The van der Waals surface area contributed by atoms with Crippen molar-refractivity contribution in [3.63, 3.8) is 0 Å². The van der Waals surface area contributed by atoms with Gasteiger partial charge in [0.2, 0.25) is 6.08 Å². The molecule has 0 saturated heterocycles. The summed E-state index contributed by atoms with van der Waals surface area (Å²) in [5.74, 6) is 0. The Morgan fingerprint density at radius 3 is 2.81 bits per heavy atom. The summed E-state index contributed by atoms with van der Waals surface area (Å²) in [5, 5.41) is 0. The Balaban J connectivity index is 2.07. The number of methoxy groups -OCH3 is 1. The quantitative estimate of drug-likeness (QED) is 0.560. The molecule has 1 fully saturated rings. The third-order valence-corrected chi connectivity index (χ3v) is 3.08. The third-order valence-electron chi connectivity index (χ3n) is 3.08. The normalized spacial score (nSPS) is 16.6. The smallest absolute Gasteiger partial charge is 0.235 e. The first kappa shape index (κ1) is 11.1. The van der Waals surface area contributed by atoms with Crippen molar-refractivity contribution in [2.45, 2.75) is 31.4 Å². The number of nitrogens with zero attached hydrogens (tertiary/aromatic N) is 1. The molecule has 84 valence electrons. The van der Waals surface area contributed by atoms with Crippen LogP contribution in [0.4, 0.5) is 0 Å². The van der Waals surface area contributed by atoms with E-state index in [2.05, 4.69) is 17.1 Å². The summed E-state index contributed by atoms with van der Waals surface area (Å²) < 4.78 is 5.49. The maximum Gasteiger partial charge on any atom is 0.235 e. The van der Waals surface area contributed by atoms with Crippen LogP contribution < -0.4 is 0 Å². The Hall–Kier alpha value is -1.44. The zero-order valence-corrected chi connectivity index (χ0v) is 9.40. The van der Waals surface area contributed by atoms with Gasteiger partial charge in [0.1, 0.15) is 0 Å². The van der Waals surface area contributed by atoms with E-state index in [-0.39, 0.29) is 5.60 Å². The number of hydrogen-bond donors (Lipinski definition) is 0. The molecule has 0 aliphatic heterocycles. The fourth-order valence-corrected chi connectivity index (χ4v) is 1.93. The molecule has 1 aromatic rings. The number of aliphatic imine (C=N–C) groups is 1. The van der Waals surface area contributed by atoms with E-state index in [4.69, 9.17) is 4.74 Å². The van der Waals surface area contributed by atoms with Crippen LogP contribution in [-0.4, -0.2) is 18.8 Å². The highest BCUT2D eigenvalue weighted by molar-refractivity contribution is 5.34. The van der Waals surface area contributed by atoms with Crippen molar-refractivity contribution in [3.8, 4) is 0 Å². The molecule has 3 nitrogen and oxygen atoms in total. The van der Waals surface area contributed by atoms with Crippen molar-refractivity contribution in [2.24, 2.45) is 4.99 Å². The van der Waals surface area contributed by atoms with Gasteiger partial charge in [0, 0.05) is 13.5 Å². The predicted molar refractivity (Wildman–Crippen MR) is 60.9 cm³/mol. The maximum atomic E-state index is 10.0. The molecule has 0 heterocycles. The Bertz CT molecular complexity index is 418. The predicted octanol–water partition coefficient (Wildman–Crippen LogP) is 2.24. The lowest BCUT2D eigenvalue weighted by Crippen LogP contribution is -2.14. The summed E-state index contributed by atoms with van der Waals surface area (Å²) in [6.45, 7) is 0.414. The second kappa shape index (κ2) is 4.60. The molecule has 1 saturated carbocycles. The minimum atomic E-state index is 0.0759. The number of carbonyl (C=O) groups excluding carboxylic acids is 1. The SMILES string of the molecule is COC1(Cc2cccc(CN=C=O)c2)CC1. The summed E-state index contributed by atoms with van der Waals surface area (Å²) in [7, 11) is 1.77. The van der Waals surface area contributed by atoms with Gasteiger partial charge in [-0.3, -0.25) is 0 Å². The maximum absolute atomic E-state index is 10.0. The van der Waals surface area contributed by atoms with E-state index >= 15 is 0 Å². The highest BCUT2D eigenvalue weighted by atomic mass is 16.5. The zero-order chi connectivity index (χ0) is 11.4. The van der Waals surface area contributed by atoms with Gasteiger partial charge < -0.3 is 4.74 Å². The van der Waals surface area contributed by atoms with Crippen LogP contribution in [0.5, 0.6) is 0 Å². The third kappa shape index (κ3) is 2.57. The summed E-state index contributed by atoms with van der Waals surface area (Å²) in [4.78, 5) is 13.6. The summed E-state index contributed by atoms with van der Waals surface area (Å²) in [6.07, 6.45) is 4.78. The molecule has 1 aromatic carbocycles. The molecule has 0 unspecified atom stereocenters. The number of rotatable bonds is 5. The van der Waals surface area contributed by atoms with Gasteiger partial charge in [-0.1, -0.05) is 24.3 Å². The molecule has 0 spiro atoms. The summed E-state index contributed by atoms with van der Waals surface area (Å²) in [5.41, 5.74) is 2.37. The highest BCUT2D eigenvalue weighted by Gasteiger charge is 2.42. The standard InChI is InChI=1S/C13H15NO2/c1-16-13(5-6-13)8-11-3-2-4-12(7-11)9-14-10-15/h2-4,7H,5-6,8-9H2,1H3. The van der Waals surface area contributed by atoms with Crippen molar-refractivity contribution in [1.82, 2.24) is 0 Å². The van der Waals surface area contributed by atoms with Crippen LogP contribution in [0.25, 0.3) is 0 Å². The Labute approximate surface area is 95.2 Å². The van der Waals surface area contributed by atoms with Crippen LogP contribution in [-0.2, 0) is 22.5 Å². The van der Waals surface area contributed by atoms with Gasteiger partial charge in [-0.15, -0.1) is 0 Å². The monoisotopic (exact) mass is 217 g/mol. The second-order valence-corrected chi connectivity index (χ2v) is 4.29. The summed E-state index contributed by atoms with van der Waals surface area (Å²) >= 11 is 0. The van der Waals surface area contributed by atoms with Crippen LogP contribution in [0.2, 0.25) is 0 Å². The number of isocyanates is 1. The molecule has 0 amide bonds. The van der Waals surface area contributed by atoms with Gasteiger partial charge in [-0.05, 0) is 24.0 Å². The molecule has 0 atom stereocenters. The van der Waals surface area contributed by atoms with Crippen LogP contribution in [0, 0.1) is 0 Å². The van der Waals surface area contributed by atoms with Gasteiger partial charge in [0.15, 0.2) is 0 Å². The molecule has 16 heavy (non-hydrogen) atoms. The minimum Gasteiger partial charge on any atom is -0.378 e. The van der Waals surface area contributed by atoms with E-state index in [0.29, 0.717) is 6.54 Å². The van der Waals surface area contributed by atoms with E-state index in [0.717, 1.165) is 24.8 Å². The molecule has 2 rings (SSSR count). The number of hydrogen-bond acceptors (Lipinski definition) is 3. The van der Waals surface area contributed by atoms with Crippen molar-refractivity contribution in [1.29, 1.82) is 0 Å². The van der Waals surface area contributed by atoms with E-state index in [1.165, 1.54) is 5.56 Å². The molecule has 1 aliphatic rings. The fourth-order valence-electron chi connectivity index (χ4n) is 1.93. The van der Waals surface area contributed by atoms with Crippen molar-refractivity contribution < 1.29 is 9.53 Å². The molecule has 3 heteroatoms. The first-order chi connectivity index (χ1) is 7.78. The molecular weight excluding hydrogens is 202 g/mol. The molecular formula is C13H15NO2. The van der Waals surface area contributed by atoms with E-state index in [9.17, 15) is 4.79 Å². The average molecular weight is 217 g/mol. The van der Waals surface area contributed by atoms with Crippen LogP contribution in [0.3, 0.4) is 0 Å². The largest absolute Gasteiger partial charge is 0.378 e. The Morgan fingerprint density at radius 1 is 1.44 bits per heavy atom. The lowest BCUT2D eigenvalue weighted by molar-refractivity contribution is 0.0807. The number of benzene rings is 1. The van der Waals surface area contributed by atoms with E-state index in [1.807, 2.05) is 12.1 Å². The molecule has 0 bridgehead atoms. The van der Waals surface area contributed by atoms with Crippen molar-refractivity contribution in [3.05, 3.63) is 35.4 Å². The lowest BCUT2D eigenvalue weighted by Gasteiger charge is -2.13. The average Bonchev–Trinajstić information content (AvgIpc) is 3.07. The highest BCUT2D eigenvalue weighted by Crippen LogP contribution is 2.41. The summed E-state index contributed by atoms with van der Waals surface area (Å²) in [6, 6.07) is 8.14. The van der Waals surface area contributed by atoms with Gasteiger partial charge in [-0.25, -0.2) is 9.79 Å². The van der Waals surface area contributed by atoms with E-state index in [1.54, 1.807) is 13.2 Å². The minimum absolute atomic E-state index is 0.0759. The Morgan fingerprint density at radius 2 is 2.19 bits per heavy atom. The van der Waals surface area contributed by atoms with Crippen LogP contribution in [0.1, 0.15) is 24.0 Å². The van der Waals surface area contributed by atoms with E-state index < -0.39 is 0 Å². The van der Waals surface area contributed by atoms with Crippen molar-refractivity contribution >= 4 is 6.08 Å². The first-order valence-electron chi connectivity index (χ1n) is 5.45.